The van der Waals surface area contributed by atoms with Crippen molar-refractivity contribution in [3.63, 3.8) is 0 Å². The Labute approximate surface area is 250 Å². The molecule has 216 valence electrons. The summed E-state index contributed by atoms with van der Waals surface area (Å²) in [5, 5.41) is 4.06. The number of carbonyl (C=O) groups excluding carboxylic acids is 1. The van der Waals surface area contributed by atoms with Crippen LogP contribution in [0.25, 0.3) is 15.2 Å². The summed E-state index contributed by atoms with van der Waals surface area (Å²) >= 11 is 1.64. The molecule has 1 aliphatic heterocycles. The van der Waals surface area contributed by atoms with Crippen molar-refractivity contribution < 1.29 is 14.1 Å². The lowest BCUT2D eigenvalue weighted by Gasteiger charge is -2.26. The molecule has 1 fully saturated rings. The minimum Gasteiger partial charge on any atom is -0.492 e. The zero-order chi connectivity index (χ0) is 29.1. The molecule has 0 aliphatic carbocycles. The van der Waals surface area contributed by atoms with E-state index in [1.807, 2.05) is 42.6 Å². The third-order valence-electron chi connectivity index (χ3n) is 7.56. The predicted molar refractivity (Wildman–Crippen MR) is 166 cm³/mol. The SMILES string of the molecule is CC(C)(C)c1cc(CC(=O)Cc2ccc(C#Cc3cn4c(n3)sc3cc(OCCN5CCCCC5)ccc34)cc2)no1. The van der Waals surface area contributed by atoms with Crippen LogP contribution < -0.4 is 4.74 Å². The van der Waals surface area contributed by atoms with Crippen LogP contribution in [0.4, 0.5) is 0 Å². The van der Waals surface area contributed by atoms with Gasteiger partial charge in [0.05, 0.1) is 22.3 Å². The van der Waals surface area contributed by atoms with Gasteiger partial charge in [-0.05, 0) is 67.7 Å². The summed E-state index contributed by atoms with van der Waals surface area (Å²) in [6.45, 7) is 10.2. The number of piperidine rings is 1. The standard InChI is InChI=1S/C34H36N4O3S/c1-34(2,3)32-21-27(36-41-32)20-28(39)19-25-9-7-24(8-10-25)11-12-26-23-38-30-14-13-29(22-31(30)42-33(38)35-26)40-18-17-37-15-5-4-6-16-37/h7-10,13-14,21-23H,4-6,15-20H2,1-3H3. The predicted octanol–water partition coefficient (Wildman–Crippen LogP) is 6.45. The lowest BCUT2D eigenvalue weighted by Crippen LogP contribution is -2.33. The van der Waals surface area contributed by atoms with Crippen molar-refractivity contribution in [2.24, 2.45) is 0 Å². The monoisotopic (exact) mass is 580 g/mol. The second-order valence-electron chi connectivity index (χ2n) is 12.0. The Balaban J connectivity index is 1.05. The summed E-state index contributed by atoms with van der Waals surface area (Å²) in [5.41, 5.74) is 4.22. The van der Waals surface area contributed by atoms with Gasteiger partial charge in [0.15, 0.2) is 4.96 Å². The van der Waals surface area contributed by atoms with Gasteiger partial charge in [-0.3, -0.25) is 14.1 Å². The number of hydrogen-bond donors (Lipinski definition) is 0. The van der Waals surface area contributed by atoms with Crippen molar-refractivity contribution >= 4 is 32.3 Å². The third kappa shape index (κ3) is 6.75. The Morgan fingerprint density at radius 2 is 1.83 bits per heavy atom. The van der Waals surface area contributed by atoms with Crippen LogP contribution >= 0.6 is 11.3 Å². The van der Waals surface area contributed by atoms with Crippen LogP contribution in [0.15, 0.2) is 59.3 Å². The van der Waals surface area contributed by atoms with Gasteiger partial charge >= 0.3 is 0 Å². The smallest absolute Gasteiger partial charge is 0.195 e. The molecular formula is C34H36N4O3S. The summed E-state index contributed by atoms with van der Waals surface area (Å²) in [6.07, 6.45) is 6.55. The molecule has 4 heterocycles. The molecular weight excluding hydrogens is 544 g/mol. The maximum atomic E-state index is 12.6. The van der Waals surface area contributed by atoms with E-state index >= 15 is 0 Å². The molecule has 0 atom stereocenters. The second kappa shape index (κ2) is 12.1. The number of ether oxygens (including phenoxy) is 1. The van der Waals surface area contributed by atoms with E-state index in [0.717, 1.165) is 50.1 Å². The van der Waals surface area contributed by atoms with Gasteiger partial charge in [-0.2, -0.15) is 0 Å². The molecule has 6 rings (SSSR count). The minimum atomic E-state index is -0.128. The molecule has 1 saturated heterocycles. The number of nitrogens with zero attached hydrogens (tertiary/aromatic N) is 4. The lowest BCUT2D eigenvalue weighted by molar-refractivity contribution is -0.117. The highest BCUT2D eigenvalue weighted by molar-refractivity contribution is 7.23. The fraction of sp³-hybridized carbons (Fsp3) is 0.382. The molecule has 0 amide bonds. The van der Waals surface area contributed by atoms with Crippen LogP contribution in [0.5, 0.6) is 5.75 Å². The van der Waals surface area contributed by atoms with Crippen LogP contribution in [0.1, 0.15) is 68.3 Å². The number of hydrogen-bond acceptors (Lipinski definition) is 7. The van der Waals surface area contributed by atoms with Crippen molar-refractivity contribution in [1.29, 1.82) is 0 Å². The van der Waals surface area contributed by atoms with E-state index < -0.39 is 0 Å². The fourth-order valence-electron chi connectivity index (χ4n) is 5.19. The topological polar surface area (TPSA) is 72.9 Å². The molecule has 0 N–H and O–H groups in total. The maximum Gasteiger partial charge on any atom is 0.195 e. The molecule has 8 heteroatoms. The summed E-state index contributed by atoms with van der Waals surface area (Å²) in [4.78, 5) is 20.7. The van der Waals surface area contributed by atoms with Gasteiger partial charge in [-0.1, -0.05) is 61.7 Å². The fourth-order valence-corrected chi connectivity index (χ4v) is 6.23. The quantitative estimate of drug-likeness (QED) is 0.196. The second-order valence-corrected chi connectivity index (χ2v) is 13.0. The summed E-state index contributed by atoms with van der Waals surface area (Å²) in [5.74, 6) is 8.19. The van der Waals surface area contributed by atoms with Crippen LogP contribution in [-0.2, 0) is 23.1 Å². The molecule has 0 spiro atoms. The van der Waals surface area contributed by atoms with E-state index in [1.165, 1.54) is 32.4 Å². The number of fused-ring (bicyclic) bond motifs is 3. The number of thiazole rings is 1. The van der Waals surface area contributed by atoms with Gasteiger partial charge < -0.3 is 9.26 Å². The van der Waals surface area contributed by atoms with Crippen molar-refractivity contribution in [3.8, 4) is 17.6 Å². The Morgan fingerprint density at radius 3 is 2.60 bits per heavy atom. The Bertz CT molecular complexity index is 1760. The highest BCUT2D eigenvalue weighted by Crippen LogP contribution is 2.30. The number of aromatic nitrogens is 3. The largest absolute Gasteiger partial charge is 0.492 e. The first kappa shape index (κ1) is 28.2. The number of Topliss-reactive ketones (excluding diaryl/α,β-unsaturated/α-hetero) is 1. The number of carbonyl (C=O) groups is 1. The van der Waals surface area contributed by atoms with Crippen molar-refractivity contribution in [2.75, 3.05) is 26.2 Å². The zero-order valence-electron chi connectivity index (χ0n) is 24.5. The minimum absolute atomic E-state index is 0.101. The van der Waals surface area contributed by atoms with E-state index in [9.17, 15) is 4.79 Å². The number of ketones is 1. The van der Waals surface area contributed by atoms with Gasteiger partial charge in [0.2, 0.25) is 0 Å². The van der Waals surface area contributed by atoms with Gasteiger partial charge in [0.25, 0.3) is 0 Å². The summed E-state index contributed by atoms with van der Waals surface area (Å²) < 4.78 is 14.7. The van der Waals surface area contributed by atoms with E-state index in [4.69, 9.17) is 14.2 Å². The molecule has 2 aromatic carbocycles. The molecule has 3 aromatic heterocycles. The first-order valence-electron chi connectivity index (χ1n) is 14.7. The summed E-state index contributed by atoms with van der Waals surface area (Å²) in [6, 6.07) is 15.9. The molecule has 0 radical (unpaired) electrons. The normalized spacial score (nSPS) is 14.3. The van der Waals surface area contributed by atoms with Crippen LogP contribution in [0.3, 0.4) is 0 Å². The van der Waals surface area contributed by atoms with E-state index in [1.54, 1.807) is 11.3 Å². The van der Waals surface area contributed by atoms with Crippen molar-refractivity contribution in [3.05, 3.63) is 83.0 Å². The van der Waals surface area contributed by atoms with Gasteiger partial charge in [0, 0.05) is 36.2 Å². The zero-order valence-corrected chi connectivity index (χ0v) is 25.3. The maximum absolute atomic E-state index is 12.6. The number of rotatable bonds is 8. The summed E-state index contributed by atoms with van der Waals surface area (Å²) in [7, 11) is 0. The Kier molecular flexibility index (Phi) is 8.14. The Morgan fingerprint density at radius 1 is 1.02 bits per heavy atom. The number of benzene rings is 2. The van der Waals surface area contributed by atoms with Gasteiger partial charge in [-0.25, -0.2) is 4.98 Å². The van der Waals surface area contributed by atoms with Crippen molar-refractivity contribution in [2.45, 2.75) is 58.3 Å². The number of likely N-dealkylation sites (tertiary alicyclic amines) is 1. The molecule has 0 saturated carbocycles. The lowest BCUT2D eigenvalue weighted by atomic mass is 9.93. The molecule has 1 aliphatic rings. The van der Waals surface area contributed by atoms with E-state index in [2.05, 4.69) is 59.2 Å². The van der Waals surface area contributed by atoms with Gasteiger partial charge in [-0.15, -0.1) is 0 Å². The molecule has 0 unspecified atom stereocenters. The molecule has 0 bridgehead atoms. The van der Waals surface area contributed by atoms with Crippen LogP contribution in [-0.4, -0.2) is 51.5 Å². The van der Waals surface area contributed by atoms with Gasteiger partial charge in [0.1, 0.15) is 29.6 Å². The average Bonchev–Trinajstić information content (AvgIpc) is 3.68. The first-order valence-corrected chi connectivity index (χ1v) is 15.5. The highest BCUT2D eigenvalue weighted by atomic mass is 32.1. The van der Waals surface area contributed by atoms with Crippen LogP contribution in [0.2, 0.25) is 0 Å². The van der Waals surface area contributed by atoms with E-state index in [0.29, 0.717) is 18.7 Å². The van der Waals surface area contributed by atoms with Crippen molar-refractivity contribution in [1.82, 2.24) is 19.4 Å². The third-order valence-corrected chi connectivity index (χ3v) is 8.57. The van der Waals surface area contributed by atoms with E-state index in [-0.39, 0.29) is 17.6 Å². The Hall–Kier alpha value is -3.93. The molecule has 7 nitrogen and oxygen atoms in total. The average molecular weight is 581 g/mol. The van der Waals surface area contributed by atoms with Crippen LogP contribution in [0, 0.1) is 11.8 Å². The molecule has 5 aromatic rings. The highest BCUT2D eigenvalue weighted by Gasteiger charge is 2.20. The number of imidazole rings is 1. The molecule has 42 heavy (non-hydrogen) atoms. The first-order chi connectivity index (χ1) is 20.3.